The maximum Gasteiger partial charge on any atom is 0.374 e. The first kappa shape index (κ1) is 13.5. The number of nitrogens with one attached hydrogen (secondary N) is 1. The van der Waals surface area contributed by atoms with Crippen molar-refractivity contribution in [1.29, 1.82) is 0 Å². The van der Waals surface area contributed by atoms with Gasteiger partial charge in [0, 0.05) is 6.54 Å². The number of H-pyrrole nitrogens is 1. The van der Waals surface area contributed by atoms with Crippen LogP contribution in [0.2, 0.25) is 0 Å². The fourth-order valence-electron chi connectivity index (χ4n) is 1.61. The van der Waals surface area contributed by atoms with Crippen molar-refractivity contribution in [3.05, 3.63) is 41.5 Å². The summed E-state index contributed by atoms with van der Waals surface area (Å²) in [6, 6.07) is 0. The molecule has 0 aliphatic carbocycles. The predicted molar refractivity (Wildman–Crippen MR) is 73.2 cm³/mol. The van der Waals surface area contributed by atoms with Crippen molar-refractivity contribution in [2.75, 3.05) is 12.3 Å². The first-order valence-electron chi connectivity index (χ1n) is 5.73. The van der Waals surface area contributed by atoms with Crippen LogP contribution < -0.4 is 11.3 Å². The average molecular weight is 275 g/mol. The summed E-state index contributed by atoms with van der Waals surface area (Å²) in [6.45, 7) is 7.22. The molecule has 8 heteroatoms. The molecule has 0 atom stereocenters. The second-order valence-corrected chi connectivity index (χ2v) is 3.85. The molecular weight excluding hydrogens is 262 g/mol. The number of carbonyl (C=O) groups excluding carboxylic acids is 1. The highest BCUT2D eigenvalue weighted by Gasteiger charge is 2.17. The van der Waals surface area contributed by atoms with Crippen LogP contribution in [-0.4, -0.2) is 32.1 Å². The second-order valence-electron chi connectivity index (χ2n) is 3.85. The summed E-state index contributed by atoms with van der Waals surface area (Å²) in [6.07, 6.45) is 2.94. The quantitative estimate of drug-likeness (QED) is 0.596. The zero-order valence-electron chi connectivity index (χ0n) is 10.6. The SMILES string of the molecule is C=CCOC(=O)c1nc2nc(N)n(CC=C)c(=O)c2[nH]1. The minimum Gasteiger partial charge on any atom is -0.456 e. The largest absolute Gasteiger partial charge is 0.456 e. The number of nitrogens with two attached hydrogens (primary N) is 1. The monoisotopic (exact) mass is 275 g/mol. The maximum atomic E-state index is 12.1. The van der Waals surface area contributed by atoms with Crippen LogP contribution in [0.15, 0.2) is 30.1 Å². The summed E-state index contributed by atoms with van der Waals surface area (Å²) in [4.78, 5) is 34.2. The Morgan fingerprint density at radius 2 is 2.15 bits per heavy atom. The van der Waals surface area contributed by atoms with Gasteiger partial charge in [0.2, 0.25) is 11.8 Å². The lowest BCUT2D eigenvalue weighted by molar-refractivity contribution is 0.0537. The van der Waals surface area contributed by atoms with E-state index in [-0.39, 0.29) is 36.1 Å². The van der Waals surface area contributed by atoms with Gasteiger partial charge in [-0.25, -0.2) is 9.78 Å². The highest BCUT2D eigenvalue weighted by molar-refractivity contribution is 5.89. The van der Waals surface area contributed by atoms with Crippen molar-refractivity contribution in [3.63, 3.8) is 0 Å². The summed E-state index contributed by atoms with van der Waals surface area (Å²) in [5, 5.41) is 0. The Balaban J connectivity index is 2.51. The van der Waals surface area contributed by atoms with E-state index in [9.17, 15) is 9.59 Å². The number of nitrogens with zero attached hydrogens (tertiary/aromatic N) is 3. The van der Waals surface area contributed by atoms with Crippen molar-refractivity contribution in [3.8, 4) is 0 Å². The standard InChI is InChI=1S/C12H13N5O3/c1-3-5-17-10(18)7-8(16-12(17)13)15-9(14-7)11(19)20-6-4-2/h3-4H,1-2,5-6H2,(H2,13,16)(H,14,15). The van der Waals surface area contributed by atoms with E-state index in [1.54, 1.807) is 0 Å². The molecule has 0 saturated carbocycles. The van der Waals surface area contributed by atoms with Gasteiger partial charge >= 0.3 is 5.97 Å². The minimum atomic E-state index is -0.698. The van der Waals surface area contributed by atoms with Crippen LogP contribution in [0, 0.1) is 0 Å². The van der Waals surface area contributed by atoms with Gasteiger partial charge in [0.05, 0.1) is 0 Å². The maximum absolute atomic E-state index is 12.1. The zero-order chi connectivity index (χ0) is 14.7. The van der Waals surface area contributed by atoms with Gasteiger partial charge in [-0.1, -0.05) is 18.7 Å². The summed E-state index contributed by atoms with van der Waals surface area (Å²) in [5.74, 6) is -0.807. The molecule has 0 amide bonds. The second kappa shape index (κ2) is 5.39. The van der Waals surface area contributed by atoms with Gasteiger partial charge in [0.15, 0.2) is 11.2 Å². The van der Waals surface area contributed by atoms with Crippen molar-refractivity contribution < 1.29 is 9.53 Å². The molecule has 0 aliphatic rings. The first-order chi connectivity index (χ1) is 9.58. The molecular formula is C12H13N5O3. The number of esters is 1. The minimum absolute atomic E-state index is 0.0000844. The summed E-state index contributed by atoms with van der Waals surface area (Å²) >= 11 is 0. The third-order valence-electron chi connectivity index (χ3n) is 2.48. The lowest BCUT2D eigenvalue weighted by Crippen LogP contribution is -2.24. The highest BCUT2D eigenvalue weighted by Crippen LogP contribution is 2.08. The Morgan fingerprint density at radius 3 is 2.80 bits per heavy atom. The van der Waals surface area contributed by atoms with Gasteiger partial charge in [0.25, 0.3) is 5.56 Å². The summed E-state index contributed by atoms with van der Waals surface area (Å²) in [7, 11) is 0. The van der Waals surface area contributed by atoms with Gasteiger partial charge < -0.3 is 15.5 Å². The Bertz CT molecular complexity index is 743. The lowest BCUT2D eigenvalue weighted by Gasteiger charge is -2.04. The average Bonchev–Trinajstić information content (AvgIpc) is 2.85. The van der Waals surface area contributed by atoms with E-state index < -0.39 is 11.5 Å². The molecule has 2 aromatic rings. The van der Waals surface area contributed by atoms with E-state index in [4.69, 9.17) is 10.5 Å². The molecule has 20 heavy (non-hydrogen) atoms. The molecule has 0 aliphatic heterocycles. The molecule has 2 heterocycles. The van der Waals surface area contributed by atoms with Crippen LogP contribution in [0.25, 0.3) is 11.2 Å². The topological polar surface area (TPSA) is 116 Å². The number of nitrogen functional groups attached to an aromatic ring is 1. The van der Waals surface area contributed by atoms with E-state index in [2.05, 4.69) is 28.1 Å². The number of carbonyl (C=O) groups is 1. The number of hydrogen-bond donors (Lipinski definition) is 2. The third-order valence-corrected chi connectivity index (χ3v) is 2.48. The van der Waals surface area contributed by atoms with Gasteiger partial charge in [0.1, 0.15) is 6.61 Å². The molecule has 8 nitrogen and oxygen atoms in total. The molecule has 2 aromatic heterocycles. The Morgan fingerprint density at radius 1 is 1.40 bits per heavy atom. The lowest BCUT2D eigenvalue weighted by atomic mass is 10.5. The van der Waals surface area contributed by atoms with Crippen molar-refractivity contribution in [2.24, 2.45) is 0 Å². The normalized spacial score (nSPS) is 10.4. The van der Waals surface area contributed by atoms with Crippen LogP contribution in [0.5, 0.6) is 0 Å². The number of rotatable bonds is 5. The van der Waals surface area contributed by atoms with Gasteiger partial charge in [-0.2, -0.15) is 4.98 Å². The predicted octanol–water partition coefficient (Wildman–Crippen LogP) is 0.231. The number of anilines is 1. The Labute approximate surface area is 113 Å². The molecule has 2 rings (SSSR count). The van der Waals surface area contributed by atoms with E-state index in [0.29, 0.717) is 0 Å². The molecule has 104 valence electrons. The van der Waals surface area contributed by atoms with E-state index in [0.717, 1.165) is 0 Å². The molecule has 0 unspecified atom stereocenters. The van der Waals surface area contributed by atoms with Crippen molar-refractivity contribution in [2.45, 2.75) is 6.54 Å². The van der Waals surface area contributed by atoms with Gasteiger partial charge in [-0.3, -0.25) is 9.36 Å². The fraction of sp³-hybridized carbons (Fsp3) is 0.167. The van der Waals surface area contributed by atoms with Crippen LogP contribution in [-0.2, 0) is 11.3 Å². The summed E-state index contributed by atoms with van der Waals surface area (Å²) in [5.41, 5.74) is 5.39. The Hall–Kier alpha value is -2.90. The number of allylic oxidation sites excluding steroid dienone is 1. The van der Waals surface area contributed by atoms with Crippen LogP contribution in [0.1, 0.15) is 10.6 Å². The third kappa shape index (κ3) is 2.30. The number of ether oxygens (including phenoxy) is 1. The molecule has 0 aromatic carbocycles. The van der Waals surface area contributed by atoms with E-state index in [1.165, 1.54) is 16.7 Å². The molecule has 0 spiro atoms. The van der Waals surface area contributed by atoms with Crippen LogP contribution >= 0.6 is 0 Å². The zero-order valence-corrected chi connectivity index (χ0v) is 10.6. The highest BCUT2D eigenvalue weighted by atomic mass is 16.5. The number of fused-ring (bicyclic) bond motifs is 1. The molecule has 3 N–H and O–H groups in total. The van der Waals surface area contributed by atoms with Crippen molar-refractivity contribution >= 4 is 23.1 Å². The number of hydrogen-bond acceptors (Lipinski definition) is 6. The number of aromatic nitrogens is 4. The fourth-order valence-corrected chi connectivity index (χ4v) is 1.61. The van der Waals surface area contributed by atoms with E-state index in [1.807, 2.05) is 0 Å². The first-order valence-corrected chi connectivity index (χ1v) is 5.73. The van der Waals surface area contributed by atoms with Gasteiger partial charge in [-0.05, 0) is 0 Å². The molecule has 0 fully saturated rings. The van der Waals surface area contributed by atoms with Crippen molar-refractivity contribution in [1.82, 2.24) is 19.5 Å². The van der Waals surface area contributed by atoms with E-state index >= 15 is 0 Å². The Kier molecular flexibility index (Phi) is 3.65. The van der Waals surface area contributed by atoms with Crippen LogP contribution in [0.3, 0.4) is 0 Å². The number of imidazole rings is 1. The molecule has 0 bridgehead atoms. The molecule has 0 radical (unpaired) electrons. The van der Waals surface area contributed by atoms with Gasteiger partial charge in [-0.15, -0.1) is 6.58 Å². The number of aromatic amines is 1. The molecule has 0 saturated heterocycles. The van der Waals surface area contributed by atoms with Crippen LogP contribution in [0.4, 0.5) is 5.95 Å². The smallest absolute Gasteiger partial charge is 0.374 e. The summed E-state index contributed by atoms with van der Waals surface area (Å²) < 4.78 is 6.03.